The summed E-state index contributed by atoms with van der Waals surface area (Å²) in [6.07, 6.45) is 6.39. The predicted octanol–water partition coefficient (Wildman–Crippen LogP) is 0.0409. The lowest BCUT2D eigenvalue weighted by molar-refractivity contribution is -0.686. The number of amides is 2. The number of morpholine rings is 1. The van der Waals surface area contributed by atoms with Crippen molar-refractivity contribution in [3.63, 3.8) is 0 Å². The van der Waals surface area contributed by atoms with Crippen LogP contribution in [-0.2, 0) is 16.1 Å². The number of nitrogens with zero attached hydrogens (tertiary/aromatic N) is 3. The van der Waals surface area contributed by atoms with Crippen LogP contribution in [0.4, 0.5) is 0 Å². The highest BCUT2D eigenvalue weighted by atomic mass is 16.5. The molecule has 0 spiro atoms. The van der Waals surface area contributed by atoms with E-state index in [1.807, 2.05) is 13.8 Å². The predicted molar refractivity (Wildman–Crippen MR) is 112 cm³/mol. The fourth-order valence-electron chi connectivity index (χ4n) is 3.66. The number of carbonyl (C=O) groups excluding carboxylic acids is 2. The van der Waals surface area contributed by atoms with Crippen LogP contribution < -0.4 is 15.4 Å². The van der Waals surface area contributed by atoms with Crippen LogP contribution in [0.15, 0.2) is 17.1 Å². The first-order chi connectivity index (χ1) is 14.9. The van der Waals surface area contributed by atoms with Gasteiger partial charge >= 0.3 is 17.1 Å². The van der Waals surface area contributed by atoms with Crippen molar-refractivity contribution < 1.29 is 24.0 Å². The Morgan fingerprint density at radius 1 is 1.35 bits per heavy atom. The van der Waals surface area contributed by atoms with Gasteiger partial charge in [-0.05, 0) is 24.8 Å². The minimum Gasteiger partial charge on any atom is -0.477 e. The van der Waals surface area contributed by atoms with E-state index in [0.717, 1.165) is 12.8 Å². The number of hydrogen-bond donors (Lipinski definition) is 3. The van der Waals surface area contributed by atoms with Gasteiger partial charge in [0.2, 0.25) is 11.5 Å². The largest absolute Gasteiger partial charge is 0.477 e. The molecule has 2 fully saturated rings. The molecule has 1 aliphatic carbocycles. The molecule has 0 unspecified atom stereocenters. The Bertz CT molecular complexity index is 1090. The van der Waals surface area contributed by atoms with Crippen LogP contribution in [0, 0.1) is 5.92 Å². The van der Waals surface area contributed by atoms with E-state index in [-0.39, 0.29) is 29.3 Å². The summed E-state index contributed by atoms with van der Waals surface area (Å²) < 4.78 is 8.05. The number of aromatic hydroxyl groups is 1. The highest BCUT2D eigenvalue weighted by Crippen LogP contribution is 2.21. The lowest BCUT2D eigenvalue weighted by Crippen LogP contribution is -2.46. The number of ether oxygens (including phenoxy) is 1. The van der Waals surface area contributed by atoms with E-state index in [4.69, 9.17) is 4.74 Å². The molecular weight excluding hydrogens is 402 g/mol. The normalized spacial score (nSPS) is 17.1. The van der Waals surface area contributed by atoms with Crippen LogP contribution in [0.1, 0.15) is 42.6 Å². The molecule has 1 saturated heterocycles. The molecule has 10 nitrogen and oxygen atoms in total. The van der Waals surface area contributed by atoms with Crippen molar-refractivity contribution in [1.82, 2.24) is 19.8 Å². The molecule has 0 aromatic carbocycles. The average molecular weight is 430 g/mol. The third kappa shape index (κ3) is 4.34. The third-order valence-corrected chi connectivity index (χ3v) is 5.39. The summed E-state index contributed by atoms with van der Waals surface area (Å²) in [4.78, 5) is 39.8. The second kappa shape index (κ2) is 8.54. The summed E-state index contributed by atoms with van der Waals surface area (Å²) in [5.41, 5.74) is 0.0330. The van der Waals surface area contributed by atoms with Crippen LogP contribution >= 0.6 is 0 Å². The number of rotatable bonds is 6. The summed E-state index contributed by atoms with van der Waals surface area (Å²) in [6.45, 7) is 6.42. The number of aromatic amines is 1. The van der Waals surface area contributed by atoms with Gasteiger partial charge in [-0.3, -0.25) is 9.59 Å². The van der Waals surface area contributed by atoms with Crippen LogP contribution in [0.3, 0.4) is 0 Å². The molecule has 3 N–H and O–H groups in total. The first-order valence-electron chi connectivity index (χ1n) is 10.6. The van der Waals surface area contributed by atoms with Crippen molar-refractivity contribution in [3.05, 3.63) is 33.8 Å². The molecule has 3 heterocycles. The second-order valence-corrected chi connectivity index (χ2v) is 8.41. The minimum absolute atomic E-state index is 0.0545. The van der Waals surface area contributed by atoms with E-state index < -0.39 is 11.5 Å². The maximum Gasteiger partial charge on any atom is 0.378 e. The third-order valence-electron chi connectivity index (χ3n) is 5.39. The van der Waals surface area contributed by atoms with Gasteiger partial charge in [-0.15, -0.1) is 0 Å². The van der Waals surface area contributed by atoms with Gasteiger partial charge in [-0.25, -0.2) is 9.89 Å². The van der Waals surface area contributed by atoms with Gasteiger partial charge in [0.15, 0.2) is 0 Å². The first kappa shape index (κ1) is 21.1. The molecule has 2 amide bonds. The zero-order valence-electron chi connectivity index (χ0n) is 17.8. The van der Waals surface area contributed by atoms with E-state index in [9.17, 15) is 19.5 Å². The van der Waals surface area contributed by atoms with Gasteiger partial charge in [0.25, 0.3) is 5.91 Å². The van der Waals surface area contributed by atoms with Crippen LogP contribution in [-0.4, -0.2) is 63.8 Å². The summed E-state index contributed by atoms with van der Waals surface area (Å²) in [6, 6.07) is 0.0545. The van der Waals surface area contributed by atoms with Gasteiger partial charge in [0.05, 0.1) is 31.5 Å². The van der Waals surface area contributed by atoms with Crippen molar-refractivity contribution >= 4 is 23.5 Å². The lowest BCUT2D eigenvalue weighted by Gasteiger charge is -2.25. The van der Waals surface area contributed by atoms with Gasteiger partial charge in [0, 0.05) is 25.2 Å². The molecule has 0 bridgehead atoms. The first-order valence-corrected chi connectivity index (χ1v) is 10.6. The quantitative estimate of drug-likeness (QED) is 0.442. The molecule has 10 heteroatoms. The Morgan fingerprint density at radius 2 is 2.06 bits per heavy atom. The van der Waals surface area contributed by atoms with Gasteiger partial charge < -0.3 is 20.1 Å². The van der Waals surface area contributed by atoms with Crippen LogP contribution in [0.25, 0.3) is 11.7 Å². The lowest BCUT2D eigenvalue weighted by atomic mass is 10.2. The van der Waals surface area contributed by atoms with Gasteiger partial charge in [-0.2, -0.15) is 4.57 Å². The Hall–Kier alpha value is -3.14. The summed E-state index contributed by atoms with van der Waals surface area (Å²) in [7, 11) is 0. The number of H-pyrrole nitrogens is 1. The average Bonchev–Trinajstić information content (AvgIpc) is 3.45. The Labute approximate surface area is 179 Å². The smallest absolute Gasteiger partial charge is 0.378 e. The molecule has 166 valence electrons. The molecule has 0 radical (unpaired) electrons. The topological polar surface area (TPSA) is 120 Å². The fourth-order valence-corrected chi connectivity index (χ4v) is 3.66. The number of aromatic nitrogens is 3. The van der Waals surface area contributed by atoms with Crippen molar-refractivity contribution in [2.45, 2.75) is 39.3 Å². The van der Waals surface area contributed by atoms with E-state index >= 15 is 0 Å². The number of nitrogens with one attached hydrogen (secondary N) is 2. The standard InChI is InChI=1S/C21H27N5O5/c1-13(2)12-25-19-14(3-6-16(27)24-7-9-31-10-8-24)11-22-26(19)21(30)17(20(25)29)18(28)23-15-4-5-15/h3,6,11,13,15H,4-5,7-10,12H2,1-2H3,(H2,23,28,29,30)/p+1/b6-3+. The molecule has 1 saturated carbocycles. The zero-order valence-corrected chi connectivity index (χ0v) is 17.8. The van der Waals surface area contributed by atoms with Crippen LogP contribution in [0.5, 0.6) is 5.88 Å². The molecule has 2 aromatic heterocycles. The zero-order chi connectivity index (χ0) is 22.1. The Morgan fingerprint density at radius 3 is 2.71 bits per heavy atom. The highest BCUT2D eigenvalue weighted by molar-refractivity contribution is 5.96. The highest BCUT2D eigenvalue weighted by Gasteiger charge is 2.34. The van der Waals surface area contributed by atoms with Crippen LogP contribution in [0.2, 0.25) is 0 Å². The molecule has 2 aliphatic rings. The summed E-state index contributed by atoms with van der Waals surface area (Å²) in [5.74, 6) is -0.958. The second-order valence-electron chi connectivity index (χ2n) is 8.41. The Balaban J connectivity index is 1.75. The van der Waals surface area contributed by atoms with Gasteiger partial charge in [-0.1, -0.05) is 18.4 Å². The molecule has 0 atom stereocenters. The summed E-state index contributed by atoms with van der Waals surface area (Å²) in [5, 5.41) is 16.5. The molecule has 2 aromatic rings. The molecular formula is C21H28N5O5+. The van der Waals surface area contributed by atoms with Crippen molar-refractivity contribution in [3.8, 4) is 5.88 Å². The van der Waals surface area contributed by atoms with Crippen molar-refractivity contribution in [1.29, 1.82) is 0 Å². The molecule has 1 aliphatic heterocycles. The monoisotopic (exact) mass is 430 g/mol. The summed E-state index contributed by atoms with van der Waals surface area (Å²) >= 11 is 0. The van der Waals surface area contributed by atoms with Gasteiger partial charge in [0.1, 0.15) is 0 Å². The SMILES string of the molecule is CC(C)C[n+]1c(O)c(C(=O)NC2CC2)c(=O)n2[nH]cc(/C=C/C(=O)N3CCOCC3)c21. The number of fused-ring (bicyclic) bond motifs is 1. The van der Waals surface area contributed by atoms with E-state index in [2.05, 4.69) is 10.4 Å². The van der Waals surface area contributed by atoms with E-state index in [1.165, 1.54) is 10.6 Å². The number of hydrogen-bond acceptors (Lipinski definition) is 5. The molecule has 31 heavy (non-hydrogen) atoms. The molecule has 4 rings (SSSR count). The minimum atomic E-state index is -0.634. The van der Waals surface area contributed by atoms with Crippen molar-refractivity contribution in [2.24, 2.45) is 5.92 Å². The maximum absolute atomic E-state index is 13.0. The maximum atomic E-state index is 13.0. The number of carbonyl (C=O) groups is 2. The van der Waals surface area contributed by atoms with E-state index in [0.29, 0.717) is 44.1 Å². The van der Waals surface area contributed by atoms with Crippen molar-refractivity contribution in [2.75, 3.05) is 26.3 Å². The van der Waals surface area contributed by atoms with E-state index in [1.54, 1.807) is 21.7 Å². The fraction of sp³-hybridized carbons (Fsp3) is 0.524. The Kier molecular flexibility index (Phi) is 5.81.